The smallest absolute Gasteiger partial charge is 0.249 e. The van der Waals surface area contributed by atoms with Crippen LogP contribution in [0.15, 0.2) is 0 Å². The van der Waals surface area contributed by atoms with Crippen molar-refractivity contribution in [3.8, 4) is 0 Å². The minimum Gasteiger partial charge on any atom is -0.372 e. The van der Waals surface area contributed by atoms with E-state index in [0.717, 1.165) is 11.8 Å². The standard InChI is InChI=1S/C10H17NO2/c1-6(13-2)10(12)11-9-7-4-3-5-8(7)9/h6-9H,3-5H2,1-2H3,(H,11,12). The summed E-state index contributed by atoms with van der Waals surface area (Å²) in [6.45, 7) is 1.79. The molecule has 1 N–H and O–H groups in total. The fourth-order valence-corrected chi connectivity index (χ4v) is 2.42. The minimum absolute atomic E-state index is 0.0434. The number of fused-ring (bicyclic) bond motifs is 1. The number of ether oxygens (including phenoxy) is 1. The number of carbonyl (C=O) groups is 1. The normalized spacial score (nSPS) is 38.2. The molecule has 2 aliphatic rings. The van der Waals surface area contributed by atoms with Crippen LogP contribution in [-0.2, 0) is 9.53 Å². The van der Waals surface area contributed by atoms with Crippen molar-refractivity contribution in [3.63, 3.8) is 0 Å². The Kier molecular flexibility index (Phi) is 2.28. The van der Waals surface area contributed by atoms with Crippen LogP contribution >= 0.6 is 0 Å². The lowest BCUT2D eigenvalue weighted by atomic mass is 10.2. The molecule has 3 heteroatoms. The molecule has 0 aliphatic heterocycles. The number of nitrogens with one attached hydrogen (secondary N) is 1. The Bertz CT molecular complexity index is 207. The monoisotopic (exact) mass is 183 g/mol. The van der Waals surface area contributed by atoms with E-state index in [1.54, 1.807) is 14.0 Å². The van der Waals surface area contributed by atoms with Gasteiger partial charge in [-0.15, -0.1) is 0 Å². The second kappa shape index (κ2) is 3.29. The molecule has 2 aliphatic carbocycles. The molecule has 0 aromatic heterocycles. The molecular weight excluding hydrogens is 166 g/mol. The van der Waals surface area contributed by atoms with Crippen LogP contribution in [0, 0.1) is 11.8 Å². The van der Waals surface area contributed by atoms with Crippen LogP contribution in [0.25, 0.3) is 0 Å². The molecule has 0 heterocycles. The van der Waals surface area contributed by atoms with E-state index in [2.05, 4.69) is 5.32 Å². The highest BCUT2D eigenvalue weighted by atomic mass is 16.5. The number of rotatable bonds is 3. The summed E-state index contributed by atoms with van der Waals surface area (Å²) in [4.78, 5) is 11.4. The van der Waals surface area contributed by atoms with Crippen LogP contribution in [0.3, 0.4) is 0 Å². The molecule has 0 saturated heterocycles. The number of methoxy groups -OCH3 is 1. The van der Waals surface area contributed by atoms with E-state index in [1.165, 1.54) is 19.3 Å². The second-order valence-electron chi connectivity index (χ2n) is 4.17. The molecule has 13 heavy (non-hydrogen) atoms. The third kappa shape index (κ3) is 1.57. The molecule has 74 valence electrons. The van der Waals surface area contributed by atoms with Crippen LogP contribution in [0.1, 0.15) is 26.2 Å². The van der Waals surface area contributed by atoms with E-state index in [1.807, 2.05) is 0 Å². The van der Waals surface area contributed by atoms with E-state index < -0.39 is 0 Å². The van der Waals surface area contributed by atoms with Crippen LogP contribution in [0.5, 0.6) is 0 Å². The highest BCUT2D eigenvalue weighted by Crippen LogP contribution is 2.51. The Balaban J connectivity index is 1.77. The number of carbonyl (C=O) groups excluding carboxylic acids is 1. The third-order valence-corrected chi connectivity index (χ3v) is 3.44. The van der Waals surface area contributed by atoms with Gasteiger partial charge in [0.15, 0.2) is 0 Å². The van der Waals surface area contributed by atoms with Gasteiger partial charge in [-0.2, -0.15) is 0 Å². The fourth-order valence-electron chi connectivity index (χ4n) is 2.42. The first kappa shape index (κ1) is 9.00. The maximum atomic E-state index is 11.4. The molecule has 0 aromatic rings. The van der Waals surface area contributed by atoms with Gasteiger partial charge >= 0.3 is 0 Å². The Morgan fingerprint density at radius 2 is 2.08 bits per heavy atom. The topological polar surface area (TPSA) is 38.3 Å². The molecule has 0 radical (unpaired) electrons. The van der Waals surface area contributed by atoms with Gasteiger partial charge in [0.05, 0.1) is 0 Å². The van der Waals surface area contributed by atoms with E-state index in [4.69, 9.17) is 4.74 Å². The van der Waals surface area contributed by atoms with Gasteiger partial charge in [-0.05, 0) is 31.6 Å². The van der Waals surface area contributed by atoms with Crippen molar-refractivity contribution >= 4 is 5.91 Å². The predicted molar refractivity (Wildman–Crippen MR) is 49.2 cm³/mol. The van der Waals surface area contributed by atoms with Crippen molar-refractivity contribution in [2.45, 2.75) is 38.3 Å². The summed E-state index contributed by atoms with van der Waals surface area (Å²) >= 11 is 0. The van der Waals surface area contributed by atoms with Gasteiger partial charge < -0.3 is 10.1 Å². The maximum absolute atomic E-state index is 11.4. The average molecular weight is 183 g/mol. The predicted octanol–water partition coefficient (Wildman–Crippen LogP) is 0.936. The lowest BCUT2D eigenvalue weighted by Gasteiger charge is -2.11. The zero-order valence-electron chi connectivity index (χ0n) is 8.25. The summed E-state index contributed by atoms with van der Waals surface area (Å²) in [6.07, 6.45) is 3.65. The first-order chi connectivity index (χ1) is 6.24. The van der Waals surface area contributed by atoms with E-state index in [-0.39, 0.29) is 12.0 Å². The quantitative estimate of drug-likeness (QED) is 0.707. The van der Waals surface area contributed by atoms with E-state index in [9.17, 15) is 4.79 Å². The fraction of sp³-hybridized carbons (Fsp3) is 0.900. The Hall–Kier alpha value is -0.570. The van der Waals surface area contributed by atoms with Crippen LogP contribution < -0.4 is 5.32 Å². The van der Waals surface area contributed by atoms with Crippen molar-refractivity contribution in [2.75, 3.05) is 7.11 Å². The summed E-state index contributed by atoms with van der Waals surface area (Å²) in [5.74, 6) is 1.61. The summed E-state index contributed by atoms with van der Waals surface area (Å²) in [5, 5.41) is 3.04. The summed E-state index contributed by atoms with van der Waals surface area (Å²) in [6, 6.07) is 0.471. The molecule has 2 rings (SSSR count). The second-order valence-corrected chi connectivity index (χ2v) is 4.17. The summed E-state index contributed by atoms with van der Waals surface area (Å²) in [5.41, 5.74) is 0. The van der Waals surface area contributed by atoms with E-state index >= 15 is 0 Å². The SMILES string of the molecule is COC(C)C(=O)NC1C2CCCC21. The maximum Gasteiger partial charge on any atom is 0.249 e. The molecule has 1 amide bonds. The van der Waals surface area contributed by atoms with Crippen LogP contribution in [0.4, 0.5) is 0 Å². The first-order valence-corrected chi connectivity index (χ1v) is 5.07. The van der Waals surface area contributed by atoms with Gasteiger partial charge in [0.25, 0.3) is 0 Å². The van der Waals surface area contributed by atoms with Gasteiger partial charge in [-0.1, -0.05) is 6.42 Å². The van der Waals surface area contributed by atoms with Gasteiger partial charge in [0.2, 0.25) is 5.91 Å². The summed E-state index contributed by atoms with van der Waals surface area (Å²) in [7, 11) is 1.57. The third-order valence-electron chi connectivity index (χ3n) is 3.44. The van der Waals surface area contributed by atoms with Gasteiger partial charge in [-0.3, -0.25) is 4.79 Å². The van der Waals surface area contributed by atoms with Crippen LogP contribution in [0.2, 0.25) is 0 Å². The zero-order chi connectivity index (χ0) is 9.42. The van der Waals surface area contributed by atoms with Crippen molar-refractivity contribution in [1.29, 1.82) is 0 Å². The average Bonchev–Trinajstić information content (AvgIpc) is 2.63. The minimum atomic E-state index is -0.304. The highest BCUT2D eigenvalue weighted by molar-refractivity contribution is 5.81. The Labute approximate surface area is 78.8 Å². The lowest BCUT2D eigenvalue weighted by Crippen LogP contribution is -2.36. The molecule has 0 spiro atoms. The molecule has 3 atom stereocenters. The molecule has 0 aromatic carbocycles. The molecule has 2 fully saturated rings. The van der Waals surface area contributed by atoms with Gasteiger partial charge in [-0.25, -0.2) is 0 Å². The van der Waals surface area contributed by atoms with E-state index in [0.29, 0.717) is 6.04 Å². The number of hydrogen-bond donors (Lipinski definition) is 1. The molecular formula is C10H17NO2. The highest BCUT2D eigenvalue weighted by Gasteiger charge is 2.53. The van der Waals surface area contributed by atoms with Crippen molar-refractivity contribution in [3.05, 3.63) is 0 Å². The first-order valence-electron chi connectivity index (χ1n) is 5.07. The van der Waals surface area contributed by atoms with Crippen molar-refractivity contribution < 1.29 is 9.53 Å². The van der Waals surface area contributed by atoms with Crippen molar-refractivity contribution in [2.24, 2.45) is 11.8 Å². The van der Waals surface area contributed by atoms with Crippen LogP contribution in [-0.4, -0.2) is 25.2 Å². The molecule has 2 saturated carbocycles. The number of amides is 1. The summed E-state index contributed by atoms with van der Waals surface area (Å²) < 4.78 is 4.95. The lowest BCUT2D eigenvalue weighted by molar-refractivity contribution is -0.130. The molecule has 3 nitrogen and oxygen atoms in total. The molecule has 3 unspecified atom stereocenters. The van der Waals surface area contributed by atoms with Gasteiger partial charge in [0, 0.05) is 13.2 Å². The van der Waals surface area contributed by atoms with Crippen molar-refractivity contribution in [1.82, 2.24) is 5.32 Å². The van der Waals surface area contributed by atoms with Gasteiger partial charge in [0.1, 0.15) is 6.10 Å². The molecule has 0 bridgehead atoms. The Morgan fingerprint density at radius 1 is 1.46 bits per heavy atom. The largest absolute Gasteiger partial charge is 0.372 e. The zero-order valence-corrected chi connectivity index (χ0v) is 8.25. The number of hydrogen-bond acceptors (Lipinski definition) is 2. The Morgan fingerprint density at radius 3 is 2.62 bits per heavy atom.